The number of ketones is 1. The highest BCUT2D eigenvalue weighted by molar-refractivity contribution is 9.10. The van der Waals surface area contributed by atoms with Crippen molar-refractivity contribution in [1.29, 1.82) is 0 Å². The predicted octanol–water partition coefficient (Wildman–Crippen LogP) is 4.43. The zero-order valence-corrected chi connectivity index (χ0v) is 12.7. The van der Waals surface area contributed by atoms with E-state index in [0.717, 1.165) is 5.56 Å². The third kappa shape index (κ3) is 2.99. The minimum Gasteiger partial charge on any atom is -0.398 e. The molecule has 3 N–H and O–H groups in total. The van der Waals surface area contributed by atoms with Crippen molar-refractivity contribution in [3.05, 3.63) is 51.7 Å². The number of nitrogens with two attached hydrogens (primary N) is 1. The first kappa shape index (κ1) is 14.5. The Kier molecular flexibility index (Phi) is 4.09. The Labute approximate surface area is 125 Å². The van der Waals surface area contributed by atoms with Crippen molar-refractivity contribution < 1.29 is 9.18 Å². The van der Waals surface area contributed by atoms with Crippen LogP contribution in [0.5, 0.6) is 0 Å². The van der Waals surface area contributed by atoms with Crippen LogP contribution >= 0.6 is 15.9 Å². The van der Waals surface area contributed by atoms with E-state index < -0.39 is 0 Å². The van der Waals surface area contributed by atoms with Crippen molar-refractivity contribution in [3.8, 4) is 0 Å². The number of aryl methyl sites for hydroxylation is 1. The van der Waals surface area contributed by atoms with Crippen LogP contribution in [0.4, 0.5) is 21.5 Å². The number of halogens is 2. The monoisotopic (exact) mass is 336 g/mol. The summed E-state index contributed by atoms with van der Waals surface area (Å²) in [6.07, 6.45) is 0. The highest BCUT2D eigenvalue weighted by atomic mass is 79.9. The second-order valence-electron chi connectivity index (χ2n) is 4.56. The van der Waals surface area contributed by atoms with Crippen molar-refractivity contribution in [1.82, 2.24) is 0 Å². The minimum absolute atomic E-state index is 0.107. The van der Waals surface area contributed by atoms with Gasteiger partial charge in [-0.25, -0.2) is 4.39 Å². The molecule has 0 aromatic heterocycles. The molecule has 0 radical (unpaired) electrons. The van der Waals surface area contributed by atoms with E-state index in [2.05, 4.69) is 21.2 Å². The van der Waals surface area contributed by atoms with Crippen LogP contribution in [0.3, 0.4) is 0 Å². The Bertz CT molecular complexity index is 686. The summed E-state index contributed by atoms with van der Waals surface area (Å²) in [4.78, 5) is 11.5. The van der Waals surface area contributed by atoms with Gasteiger partial charge < -0.3 is 11.1 Å². The lowest BCUT2D eigenvalue weighted by atomic mass is 10.1. The maximum absolute atomic E-state index is 13.6. The van der Waals surface area contributed by atoms with Gasteiger partial charge in [-0.1, -0.05) is 0 Å². The van der Waals surface area contributed by atoms with E-state index in [1.165, 1.54) is 13.0 Å². The molecule has 2 aromatic carbocycles. The SMILES string of the molecule is CC(=O)c1cc(Nc2cc(F)c(Br)cc2C)ccc1N. The Morgan fingerprint density at radius 2 is 2.00 bits per heavy atom. The van der Waals surface area contributed by atoms with Crippen molar-refractivity contribution >= 4 is 38.8 Å². The minimum atomic E-state index is -0.347. The van der Waals surface area contributed by atoms with E-state index in [4.69, 9.17) is 5.73 Å². The van der Waals surface area contributed by atoms with Gasteiger partial charge >= 0.3 is 0 Å². The molecule has 0 unspecified atom stereocenters. The number of nitrogens with one attached hydrogen (secondary N) is 1. The van der Waals surface area contributed by atoms with E-state index in [9.17, 15) is 9.18 Å². The first-order valence-electron chi connectivity index (χ1n) is 6.01. The number of carbonyl (C=O) groups excluding carboxylic acids is 1. The molecular weight excluding hydrogens is 323 g/mol. The van der Waals surface area contributed by atoms with Gasteiger partial charge in [0.25, 0.3) is 0 Å². The number of nitrogen functional groups attached to an aromatic ring is 1. The molecule has 0 aliphatic carbocycles. The Morgan fingerprint density at radius 3 is 2.65 bits per heavy atom. The molecule has 0 aliphatic rings. The fraction of sp³-hybridized carbons (Fsp3) is 0.133. The van der Waals surface area contributed by atoms with E-state index >= 15 is 0 Å². The highest BCUT2D eigenvalue weighted by Gasteiger charge is 2.09. The van der Waals surface area contributed by atoms with Gasteiger partial charge in [0.2, 0.25) is 0 Å². The summed E-state index contributed by atoms with van der Waals surface area (Å²) in [6.45, 7) is 3.33. The van der Waals surface area contributed by atoms with Crippen LogP contribution in [0.2, 0.25) is 0 Å². The van der Waals surface area contributed by atoms with Gasteiger partial charge in [0.15, 0.2) is 5.78 Å². The molecule has 0 amide bonds. The third-order valence-corrected chi connectivity index (χ3v) is 3.59. The lowest BCUT2D eigenvalue weighted by Crippen LogP contribution is -2.02. The Morgan fingerprint density at radius 1 is 1.30 bits per heavy atom. The quantitative estimate of drug-likeness (QED) is 0.644. The summed E-state index contributed by atoms with van der Waals surface area (Å²) in [5.41, 5.74) is 8.85. The van der Waals surface area contributed by atoms with Crippen LogP contribution in [-0.2, 0) is 0 Å². The predicted molar refractivity (Wildman–Crippen MR) is 83.0 cm³/mol. The van der Waals surface area contributed by atoms with Gasteiger partial charge in [-0.3, -0.25) is 4.79 Å². The zero-order chi connectivity index (χ0) is 14.9. The van der Waals surface area contributed by atoms with Gasteiger partial charge in [-0.05, 0) is 65.7 Å². The fourth-order valence-electron chi connectivity index (χ4n) is 1.88. The third-order valence-electron chi connectivity index (χ3n) is 2.98. The summed E-state index contributed by atoms with van der Waals surface area (Å²) in [5, 5.41) is 3.09. The molecule has 5 heteroatoms. The Balaban J connectivity index is 2.38. The standard InChI is InChI=1S/C15H14BrFN2O/c1-8-5-12(16)13(17)7-15(8)19-10-3-4-14(18)11(6-10)9(2)20/h3-7,19H,18H2,1-2H3. The number of Topliss-reactive ketones (excluding diaryl/α,β-unsaturated/α-hetero) is 1. The topological polar surface area (TPSA) is 55.1 Å². The molecule has 0 saturated carbocycles. The summed E-state index contributed by atoms with van der Waals surface area (Å²) >= 11 is 3.14. The van der Waals surface area contributed by atoms with Crippen LogP contribution in [-0.4, -0.2) is 5.78 Å². The first-order valence-corrected chi connectivity index (χ1v) is 6.81. The van der Waals surface area contributed by atoms with E-state index in [1.54, 1.807) is 24.3 Å². The number of hydrogen-bond donors (Lipinski definition) is 2. The highest BCUT2D eigenvalue weighted by Crippen LogP contribution is 2.28. The van der Waals surface area contributed by atoms with Crippen LogP contribution in [0.1, 0.15) is 22.8 Å². The van der Waals surface area contributed by atoms with Crippen LogP contribution in [0.25, 0.3) is 0 Å². The average Bonchev–Trinajstić information content (AvgIpc) is 2.37. The van der Waals surface area contributed by atoms with Gasteiger partial charge in [0, 0.05) is 22.6 Å². The molecule has 2 rings (SSSR count). The van der Waals surface area contributed by atoms with E-state index in [1.807, 2.05) is 6.92 Å². The number of rotatable bonds is 3. The lowest BCUT2D eigenvalue weighted by molar-refractivity contribution is 0.101. The zero-order valence-electron chi connectivity index (χ0n) is 11.1. The largest absolute Gasteiger partial charge is 0.398 e. The number of carbonyl (C=O) groups is 1. The molecule has 0 fully saturated rings. The maximum atomic E-state index is 13.6. The number of benzene rings is 2. The van der Waals surface area contributed by atoms with Gasteiger partial charge in [-0.2, -0.15) is 0 Å². The van der Waals surface area contributed by atoms with Crippen molar-refractivity contribution in [3.63, 3.8) is 0 Å². The van der Waals surface area contributed by atoms with Crippen LogP contribution < -0.4 is 11.1 Å². The van der Waals surface area contributed by atoms with Gasteiger partial charge in [0.05, 0.1) is 4.47 Å². The lowest BCUT2D eigenvalue weighted by Gasteiger charge is -2.12. The second kappa shape index (κ2) is 5.63. The van der Waals surface area contributed by atoms with Crippen molar-refractivity contribution in [2.75, 3.05) is 11.1 Å². The molecule has 0 saturated heterocycles. The maximum Gasteiger partial charge on any atom is 0.161 e. The molecule has 0 heterocycles. The molecule has 20 heavy (non-hydrogen) atoms. The fourth-order valence-corrected chi connectivity index (χ4v) is 2.33. The van der Waals surface area contributed by atoms with Crippen molar-refractivity contribution in [2.24, 2.45) is 0 Å². The van der Waals surface area contributed by atoms with Crippen LogP contribution in [0.15, 0.2) is 34.8 Å². The molecule has 0 bridgehead atoms. The second-order valence-corrected chi connectivity index (χ2v) is 5.42. The molecule has 0 spiro atoms. The summed E-state index contributed by atoms with van der Waals surface area (Å²) in [7, 11) is 0. The summed E-state index contributed by atoms with van der Waals surface area (Å²) in [5.74, 6) is -0.454. The first-order chi connectivity index (χ1) is 9.38. The smallest absolute Gasteiger partial charge is 0.161 e. The molecule has 0 atom stereocenters. The molecule has 3 nitrogen and oxygen atoms in total. The number of anilines is 3. The van der Waals surface area contributed by atoms with Gasteiger partial charge in [-0.15, -0.1) is 0 Å². The summed E-state index contributed by atoms with van der Waals surface area (Å²) in [6, 6.07) is 8.17. The molecular formula is C15H14BrFN2O. The summed E-state index contributed by atoms with van der Waals surface area (Å²) < 4.78 is 14.0. The molecule has 2 aromatic rings. The Hall–Kier alpha value is -1.88. The molecule has 104 valence electrons. The average molecular weight is 337 g/mol. The molecule has 0 aliphatic heterocycles. The number of hydrogen-bond acceptors (Lipinski definition) is 3. The van der Waals surface area contributed by atoms with Crippen LogP contribution in [0, 0.1) is 12.7 Å². The van der Waals surface area contributed by atoms with E-state index in [-0.39, 0.29) is 11.6 Å². The van der Waals surface area contributed by atoms with Gasteiger partial charge in [0.1, 0.15) is 5.82 Å². The van der Waals surface area contributed by atoms with Crippen molar-refractivity contribution in [2.45, 2.75) is 13.8 Å². The normalized spacial score (nSPS) is 10.4. The van der Waals surface area contributed by atoms with E-state index in [0.29, 0.717) is 27.1 Å².